The maximum atomic E-state index is 12.6. The molecule has 2 rings (SSSR count). The Morgan fingerprint density at radius 1 is 1.33 bits per heavy atom. The molecule has 0 aliphatic carbocycles. The van der Waals surface area contributed by atoms with Gasteiger partial charge in [0.05, 0.1) is 5.69 Å². The van der Waals surface area contributed by atoms with E-state index in [-0.39, 0.29) is 5.91 Å². The number of benzene rings is 1. The molecule has 0 radical (unpaired) electrons. The van der Waals surface area contributed by atoms with Crippen LogP contribution in [0.3, 0.4) is 0 Å². The molecule has 0 aliphatic heterocycles. The molecule has 1 aromatic heterocycles. The Labute approximate surface area is 125 Å². The van der Waals surface area contributed by atoms with Gasteiger partial charge < -0.3 is 10.6 Å². The highest BCUT2D eigenvalue weighted by Crippen LogP contribution is 2.16. The average molecular weight is 286 g/mol. The lowest BCUT2D eigenvalue weighted by Crippen LogP contribution is -2.31. The smallest absolute Gasteiger partial charge is 0.276 e. The van der Waals surface area contributed by atoms with E-state index in [2.05, 4.69) is 5.10 Å². The lowest BCUT2D eigenvalue weighted by atomic mass is 10.1. The van der Waals surface area contributed by atoms with E-state index in [1.54, 1.807) is 15.8 Å². The second-order valence-corrected chi connectivity index (χ2v) is 5.03. The number of rotatable bonds is 5. The number of aryl methyl sites for hydroxylation is 2. The van der Waals surface area contributed by atoms with Gasteiger partial charge in [-0.05, 0) is 31.9 Å². The summed E-state index contributed by atoms with van der Waals surface area (Å²) in [4.78, 5) is 14.4. The first-order chi connectivity index (χ1) is 10.1. The summed E-state index contributed by atoms with van der Waals surface area (Å²) < 4.78 is 1.68. The van der Waals surface area contributed by atoms with Crippen molar-refractivity contribution >= 4 is 11.6 Å². The van der Waals surface area contributed by atoms with Crippen molar-refractivity contribution in [3.05, 3.63) is 47.3 Å². The number of nitrogens with two attached hydrogens (primary N) is 1. The second kappa shape index (κ2) is 6.43. The third-order valence-electron chi connectivity index (χ3n) is 3.61. The molecule has 0 saturated carbocycles. The number of anilines is 1. The van der Waals surface area contributed by atoms with Crippen LogP contribution in [0.1, 0.15) is 35.5 Å². The fraction of sp³-hybridized carbons (Fsp3) is 0.375. The van der Waals surface area contributed by atoms with Crippen molar-refractivity contribution in [2.24, 2.45) is 0 Å². The van der Waals surface area contributed by atoms with E-state index in [0.29, 0.717) is 31.0 Å². The number of amides is 1. The minimum absolute atomic E-state index is 0.120. The summed E-state index contributed by atoms with van der Waals surface area (Å²) in [5, 5.41) is 4.26. The average Bonchev–Trinajstić information content (AvgIpc) is 2.87. The normalized spacial score (nSPS) is 10.6. The van der Waals surface area contributed by atoms with Crippen LogP contribution >= 0.6 is 0 Å². The van der Waals surface area contributed by atoms with Crippen molar-refractivity contribution in [1.82, 2.24) is 14.7 Å². The number of nitrogens with zero attached hydrogens (tertiary/aromatic N) is 3. The maximum Gasteiger partial charge on any atom is 0.276 e. The quantitative estimate of drug-likeness (QED) is 0.918. The fourth-order valence-electron chi connectivity index (χ4n) is 2.24. The molecule has 0 fully saturated rings. The minimum atomic E-state index is -0.120. The summed E-state index contributed by atoms with van der Waals surface area (Å²) in [6, 6.07) is 8.08. The zero-order valence-corrected chi connectivity index (χ0v) is 12.8. The first-order valence-electron chi connectivity index (χ1n) is 7.23. The third-order valence-corrected chi connectivity index (χ3v) is 3.61. The van der Waals surface area contributed by atoms with E-state index < -0.39 is 0 Å². The predicted octanol–water partition coefficient (Wildman–Crippen LogP) is 2.46. The summed E-state index contributed by atoms with van der Waals surface area (Å²) in [5.74, 6) is -0.120. The molecule has 5 heteroatoms. The van der Waals surface area contributed by atoms with Crippen LogP contribution in [0, 0.1) is 6.92 Å². The molecule has 0 bridgehead atoms. The van der Waals surface area contributed by atoms with Gasteiger partial charge >= 0.3 is 0 Å². The highest BCUT2D eigenvalue weighted by Gasteiger charge is 2.21. The van der Waals surface area contributed by atoms with E-state index >= 15 is 0 Å². The molecular weight excluding hydrogens is 264 g/mol. The molecule has 1 heterocycles. The van der Waals surface area contributed by atoms with Gasteiger partial charge in [0.25, 0.3) is 5.91 Å². The van der Waals surface area contributed by atoms with Crippen molar-refractivity contribution in [1.29, 1.82) is 0 Å². The zero-order chi connectivity index (χ0) is 15.4. The Morgan fingerprint density at radius 3 is 2.62 bits per heavy atom. The van der Waals surface area contributed by atoms with Crippen LogP contribution in [0.4, 0.5) is 5.69 Å². The summed E-state index contributed by atoms with van der Waals surface area (Å²) in [6.45, 7) is 7.86. The zero-order valence-electron chi connectivity index (χ0n) is 12.8. The molecule has 2 aromatic rings. The van der Waals surface area contributed by atoms with Crippen molar-refractivity contribution in [2.45, 2.75) is 33.9 Å². The van der Waals surface area contributed by atoms with E-state index in [1.165, 1.54) is 5.56 Å². The van der Waals surface area contributed by atoms with Crippen LogP contribution in [-0.4, -0.2) is 27.1 Å². The lowest BCUT2D eigenvalue weighted by molar-refractivity contribution is 0.0746. The van der Waals surface area contributed by atoms with Crippen molar-refractivity contribution in [2.75, 3.05) is 12.3 Å². The molecule has 0 atom stereocenters. The first-order valence-corrected chi connectivity index (χ1v) is 7.23. The van der Waals surface area contributed by atoms with Gasteiger partial charge in [0.1, 0.15) is 0 Å². The predicted molar refractivity (Wildman–Crippen MR) is 83.9 cm³/mol. The molecule has 5 nitrogen and oxygen atoms in total. The van der Waals surface area contributed by atoms with Crippen molar-refractivity contribution < 1.29 is 4.79 Å². The molecule has 0 aliphatic rings. The summed E-state index contributed by atoms with van der Waals surface area (Å²) in [6.07, 6.45) is 1.70. The van der Waals surface area contributed by atoms with Gasteiger partial charge in [0.15, 0.2) is 5.69 Å². The largest absolute Gasteiger partial charge is 0.396 e. The molecule has 0 saturated heterocycles. The SMILES string of the molecule is CCN(Cc1ccccc1C)C(=O)c1nn(CC)cc1N. The fourth-order valence-corrected chi connectivity index (χ4v) is 2.24. The van der Waals surface area contributed by atoms with Crippen LogP contribution in [0.5, 0.6) is 0 Å². The third kappa shape index (κ3) is 3.24. The van der Waals surface area contributed by atoms with Crippen molar-refractivity contribution in [3.8, 4) is 0 Å². The highest BCUT2D eigenvalue weighted by molar-refractivity contribution is 5.97. The Kier molecular flexibility index (Phi) is 4.62. The van der Waals surface area contributed by atoms with Gasteiger partial charge in [-0.3, -0.25) is 9.48 Å². The number of carbonyl (C=O) groups is 1. The molecule has 0 spiro atoms. The molecule has 21 heavy (non-hydrogen) atoms. The standard InChI is InChI=1S/C16H22N4O/c1-4-19(10-13-9-7-6-8-12(13)3)16(21)15-14(17)11-20(5-2)18-15/h6-9,11H,4-5,10,17H2,1-3H3. The van der Waals surface area contributed by atoms with E-state index in [0.717, 1.165) is 5.56 Å². The number of carbonyl (C=O) groups excluding carboxylic acids is 1. The lowest BCUT2D eigenvalue weighted by Gasteiger charge is -2.21. The molecule has 1 amide bonds. The molecule has 0 unspecified atom stereocenters. The van der Waals surface area contributed by atoms with E-state index in [4.69, 9.17) is 5.73 Å². The van der Waals surface area contributed by atoms with Crippen LogP contribution in [0.2, 0.25) is 0 Å². The van der Waals surface area contributed by atoms with E-state index in [9.17, 15) is 4.79 Å². The topological polar surface area (TPSA) is 64.2 Å². The molecule has 2 N–H and O–H groups in total. The first kappa shape index (κ1) is 15.1. The summed E-state index contributed by atoms with van der Waals surface area (Å²) in [5.41, 5.74) is 8.99. The number of hydrogen-bond acceptors (Lipinski definition) is 3. The van der Waals surface area contributed by atoms with Gasteiger partial charge in [-0.25, -0.2) is 0 Å². The van der Waals surface area contributed by atoms with Crippen LogP contribution in [0.25, 0.3) is 0 Å². The minimum Gasteiger partial charge on any atom is -0.396 e. The number of hydrogen-bond donors (Lipinski definition) is 1. The number of aromatic nitrogens is 2. The molecular formula is C16H22N4O. The van der Waals surface area contributed by atoms with E-state index in [1.807, 2.05) is 45.0 Å². The summed E-state index contributed by atoms with van der Waals surface area (Å²) in [7, 11) is 0. The molecule has 112 valence electrons. The Hall–Kier alpha value is -2.30. The van der Waals surface area contributed by atoms with Crippen LogP contribution in [0.15, 0.2) is 30.5 Å². The van der Waals surface area contributed by atoms with Gasteiger partial charge in [0.2, 0.25) is 0 Å². The second-order valence-electron chi connectivity index (χ2n) is 5.03. The van der Waals surface area contributed by atoms with Crippen molar-refractivity contribution in [3.63, 3.8) is 0 Å². The van der Waals surface area contributed by atoms with Gasteiger partial charge in [-0.2, -0.15) is 5.10 Å². The van der Waals surface area contributed by atoms with Crippen LogP contribution < -0.4 is 5.73 Å². The Morgan fingerprint density at radius 2 is 2.05 bits per heavy atom. The summed E-state index contributed by atoms with van der Waals surface area (Å²) >= 11 is 0. The monoisotopic (exact) mass is 286 g/mol. The van der Waals surface area contributed by atoms with Crippen LogP contribution in [-0.2, 0) is 13.1 Å². The highest BCUT2D eigenvalue weighted by atomic mass is 16.2. The maximum absolute atomic E-state index is 12.6. The van der Waals surface area contributed by atoms with Gasteiger partial charge in [-0.1, -0.05) is 24.3 Å². The number of nitrogen functional groups attached to an aromatic ring is 1. The molecule has 1 aromatic carbocycles. The van der Waals surface area contributed by atoms with Gasteiger partial charge in [0, 0.05) is 25.8 Å². The Bertz CT molecular complexity index is 633. The van der Waals surface area contributed by atoms with Gasteiger partial charge in [-0.15, -0.1) is 0 Å². The Balaban J connectivity index is 2.22.